The molecule has 0 saturated heterocycles. The number of ether oxygens (including phenoxy) is 3. The van der Waals surface area contributed by atoms with Crippen LogP contribution in [0.3, 0.4) is 0 Å². The third-order valence-electron chi connectivity index (χ3n) is 6.68. The van der Waals surface area contributed by atoms with Gasteiger partial charge in [0.15, 0.2) is 0 Å². The molecular formula is C34H40N2O7. The molecule has 3 aromatic rings. The Labute approximate surface area is 252 Å². The van der Waals surface area contributed by atoms with Crippen LogP contribution in [0.4, 0.5) is 11.4 Å². The van der Waals surface area contributed by atoms with Crippen molar-refractivity contribution in [1.29, 1.82) is 0 Å². The van der Waals surface area contributed by atoms with Crippen LogP contribution in [-0.4, -0.2) is 29.6 Å². The molecule has 5 N–H and O–H groups in total. The average Bonchev–Trinajstić information content (AvgIpc) is 2.98. The van der Waals surface area contributed by atoms with E-state index >= 15 is 0 Å². The number of carboxylic acid groups (broad SMARTS) is 1. The Balaban J connectivity index is 1.35. The summed E-state index contributed by atoms with van der Waals surface area (Å²) in [5.74, 6) is -0.369. The second-order valence-corrected chi connectivity index (χ2v) is 10.2. The fourth-order valence-corrected chi connectivity index (χ4v) is 4.40. The highest BCUT2D eigenvalue weighted by molar-refractivity contribution is 5.92. The lowest BCUT2D eigenvalue weighted by molar-refractivity contribution is -0.134. The molecular weight excluding hydrogens is 548 g/mol. The topological polar surface area (TPSA) is 151 Å². The Morgan fingerprint density at radius 2 is 1.44 bits per heavy atom. The standard InChI is InChI=1S/C34H40N2O7/c1-2-3-4-7-10-32(37)42-27-16-18-28(19-17-27)43-33(38)20-13-24-11-14-26(15-12-24)41-21-8-5-6-9-29-30(34(39)40)22-25(35)23-31(29)36/h11-20,22-23H,2-10,21,35-36H2,1H3,(H,39,40)/b20-13+. The first-order valence-corrected chi connectivity index (χ1v) is 14.6. The lowest BCUT2D eigenvalue weighted by Gasteiger charge is -2.11. The highest BCUT2D eigenvalue weighted by atomic mass is 16.5. The molecule has 9 heteroatoms. The number of carboxylic acids is 1. The van der Waals surface area contributed by atoms with Gasteiger partial charge in [-0.2, -0.15) is 0 Å². The van der Waals surface area contributed by atoms with E-state index < -0.39 is 11.9 Å². The Morgan fingerprint density at radius 3 is 2.12 bits per heavy atom. The van der Waals surface area contributed by atoms with Crippen LogP contribution in [0.15, 0.2) is 66.7 Å². The van der Waals surface area contributed by atoms with Crippen molar-refractivity contribution < 1.29 is 33.7 Å². The predicted molar refractivity (Wildman–Crippen MR) is 167 cm³/mol. The van der Waals surface area contributed by atoms with Gasteiger partial charge in [-0.1, -0.05) is 38.3 Å². The van der Waals surface area contributed by atoms with Crippen LogP contribution in [0.2, 0.25) is 0 Å². The summed E-state index contributed by atoms with van der Waals surface area (Å²) in [6.45, 7) is 2.63. The number of nitrogens with two attached hydrogens (primary N) is 2. The summed E-state index contributed by atoms with van der Waals surface area (Å²) in [5.41, 5.74) is 14.0. The van der Waals surface area contributed by atoms with Crippen LogP contribution in [0, 0.1) is 0 Å². The summed E-state index contributed by atoms with van der Waals surface area (Å²) in [6, 6.07) is 16.7. The number of aromatic carboxylic acids is 1. The van der Waals surface area contributed by atoms with Crippen LogP contribution in [0.1, 0.15) is 79.8 Å². The maximum absolute atomic E-state index is 12.2. The molecule has 0 saturated carbocycles. The third kappa shape index (κ3) is 11.5. The highest BCUT2D eigenvalue weighted by Crippen LogP contribution is 2.24. The Morgan fingerprint density at radius 1 is 0.791 bits per heavy atom. The molecule has 0 fully saturated rings. The van der Waals surface area contributed by atoms with Crippen LogP contribution in [-0.2, 0) is 16.0 Å². The number of esters is 2. The van der Waals surface area contributed by atoms with Gasteiger partial charge in [0.1, 0.15) is 17.2 Å². The van der Waals surface area contributed by atoms with Gasteiger partial charge >= 0.3 is 17.9 Å². The van der Waals surface area contributed by atoms with Crippen molar-refractivity contribution in [2.75, 3.05) is 18.1 Å². The average molecular weight is 589 g/mol. The quantitative estimate of drug-likeness (QED) is 0.0506. The third-order valence-corrected chi connectivity index (χ3v) is 6.68. The van der Waals surface area contributed by atoms with Crippen molar-refractivity contribution in [1.82, 2.24) is 0 Å². The summed E-state index contributed by atoms with van der Waals surface area (Å²) in [5, 5.41) is 9.41. The molecule has 0 aliphatic carbocycles. The first kappa shape index (κ1) is 32.7. The van der Waals surface area contributed by atoms with Gasteiger partial charge in [0, 0.05) is 23.9 Å². The van der Waals surface area contributed by atoms with Gasteiger partial charge in [0.05, 0.1) is 12.2 Å². The van der Waals surface area contributed by atoms with Crippen molar-refractivity contribution in [3.05, 3.63) is 83.4 Å². The zero-order valence-corrected chi connectivity index (χ0v) is 24.6. The van der Waals surface area contributed by atoms with Gasteiger partial charge in [-0.25, -0.2) is 9.59 Å². The number of carbonyl (C=O) groups is 3. The van der Waals surface area contributed by atoms with E-state index in [0.717, 1.165) is 50.5 Å². The van der Waals surface area contributed by atoms with Crippen LogP contribution in [0.5, 0.6) is 17.2 Å². The highest BCUT2D eigenvalue weighted by Gasteiger charge is 2.14. The first-order valence-electron chi connectivity index (χ1n) is 14.6. The van der Waals surface area contributed by atoms with Crippen molar-refractivity contribution in [2.24, 2.45) is 0 Å². The molecule has 0 bridgehead atoms. The lowest BCUT2D eigenvalue weighted by Crippen LogP contribution is -2.08. The summed E-state index contributed by atoms with van der Waals surface area (Å²) < 4.78 is 16.4. The summed E-state index contributed by atoms with van der Waals surface area (Å²) in [4.78, 5) is 35.6. The number of hydrogen-bond donors (Lipinski definition) is 3. The Kier molecular flexibility index (Phi) is 13.1. The van der Waals surface area contributed by atoms with Gasteiger partial charge < -0.3 is 30.8 Å². The van der Waals surface area contributed by atoms with Crippen molar-refractivity contribution >= 4 is 35.4 Å². The van der Waals surface area contributed by atoms with E-state index in [2.05, 4.69) is 6.92 Å². The van der Waals surface area contributed by atoms with E-state index in [1.807, 2.05) is 24.3 Å². The molecule has 0 aromatic heterocycles. The molecule has 43 heavy (non-hydrogen) atoms. The van der Waals surface area contributed by atoms with E-state index in [1.165, 1.54) is 12.1 Å². The minimum atomic E-state index is -1.04. The summed E-state index contributed by atoms with van der Waals surface area (Å²) >= 11 is 0. The van der Waals surface area contributed by atoms with Crippen LogP contribution in [0.25, 0.3) is 6.08 Å². The molecule has 0 atom stereocenters. The smallest absolute Gasteiger partial charge is 0.336 e. The molecule has 0 heterocycles. The number of unbranched alkanes of at least 4 members (excludes halogenated alkanes) is 5. The van der Waals surface area contributed by atoms with E-state index in [-0.39, 0.29) is 11.5 Å². The maximum atomic E-state index is 12.2. The normalized spacial score (nSPS) is 10.9. The van der Waals surface area contributed by atoms with E-state index in [0.29, 0.717) is 53.6 Å². The molecule has 0 unspecified atom stereocenters. The van der Waals surface area contributed by atoms with Gasteiger partial charge in [0.2, 0.25) is 0 Å². The fourth-order valence-electron chi connectivity index (χ4n) is 4.40. The molecule has 3 rings (SSSR count). The maximum Gasteiger partial charge on any atom is 0.336 e. The fraction of sp³-hybridized carbons (Fsp3) is 0.324. The van der Waals surface area contributed by atoms with Gasteiger partial charge in [-0.3, -0.25) is 4.79 Å². The molecule has 9 nitrogen and oxygen atoms in total. The van der Waals surface area contributed by atoms with E-state index in [4.69, 9.17) is 25.7 Å². The monoisotopic (exact) mass is 588 g/mol. The number of rotatable bonds is 17. The molecule has 0 aliphatic heterocycles. The van der Waals surface area contributed by atoms with Crippen molar-refractivity contribution in [3.63, 3.8) is 0 Å². The molecule has 0 aliphatic rings. The zero-order valence-electron chi connectivity index (χ0n) is 24.6. The summed E-state index contributed by atoms with van der Waals surface area (Å²) in [7, 11) is 0. The second kappa shape index (κ2) is 17.2. The van der Waals surface area contributed by atoms with Crippen LogP contribution < -0.4 is 25.7 Å². The molecule has 0 amide bonds. The van der Waals surface area contributed by atoms with Gasteiger partial charge in [0.25, 0.3) is 0 Å². The minimum absolute atomic E-state index is 0.151. The Hall–Kier alpha value is -4.79. The molecule has 0 spiro atoms. The predicted octanol–water partition coefficient (Wildman–Crippen LogP) is 6.84. The second-order valence-electron chi connectivity index (χ2n) is 10.2. The molecule has 3 aromatic carbocycles. The van der Waals surface area contributed by atoms with Gasteiger partial charge in [-0.15, -0.1) is 0 Å². The van der Waals surface area contributed by atoms with Gasteiger partial charge in [-0.05, 0) is 97.8 Å². The molecule has 228 valence electrons. The minimum Gasteiger partial charge on any atom is -0.494 e. The van der Waals surface area contributed by atoms with E-state index in [9.17, 15) is 19.5 Å². The number of anilines is 2. The molecule has 0 radical (unpaired) electrons. The lowest BCUT2D eigenvalue weighted by atomic mass is 9.98. The SMILES string of the molecule is CCCCCCC(=O)Oc1ccc(OC(=O)/C=C/c2ccc(OCCCCCc3c(N)cc(N)cc3C(=O)O)cc2)cc1. The first-order chi connectivity index (χ1) is 20.7. The number of carbonyl (C=O) groups excluding carboxylic acids is 2. The Bertz CT molecular complexity index is 1380. The largest absolute Gasteiger partial charge is 0.494 e. The van der Waals surface area contributed by atoms with Crippen molar-refractivity contribution in [2.45, 2.75) is 64.7 Å². The number of benzene rings is 3. The van der Waals surface area contributed by atoms with E-state index in [1.54, 1.807) is 36.4 Å². The summed E-state index contributed by atoms with van der Waals surface area (Å²) in [6.07, 6.45) is 10.4. The number of hydrogen-bond acceptors (Lipinski definition) is 8. The zero-order chi connectivity index (χ0) is 31.0. The number of nitrogen functional groups attached to an aromatic ring is 2. The van der Waals surface area contributed by atoms with Crippen molar-refractivity contribution in [3.8, 4) is 17.2 Å². The van der Waals surface area contributed by atoms with Crippen LogP contribution >= 0.6 is 0 Å².